The molecular formula is C12H11ClN2O3. The molecule has 0 atom stereocenters. The lowest BCUT2D eigenvalue weighted by atomic mass is 10.1. The van der Waals surface area contributed by atoms with Gasteiger partial charge in [0.25, 0.3) is 0 Å². The second-order valence-corrected chi connectivity index (χ2v) is 4.06. The minimum Gasteiger partial charge on any atom is -0.495 e. The molecule has 1 aromatic carbocycles. The van der Waals surface area contributed by atoms with Crippen molar-refractivity contribution < 1.29 is 14.6 Å². The lowest BCUT2D eigenvalue weighted by Crippen LogP contribution is -2.01. The fraction of sp³-hybridized carbons (Fsp3) is 0.0833. The summed E-state index contributed by atoms with van der Waals surface area (Å²) in [5.41, 5.74) is 6.88. The Kier molecular flexibility index (Phi) is 3.16. The third-order valence-electron chi connectivity index (χ3n) is 2.57. The van der Waals surface area contributed by atoms with Gasteiger partial charge in [-0.3, -0.25) is 0 Å². The van der Waals surface area contributed by atoms with E-state index in [-0.39, 0.29) is 11.3 Å². The third kappa shape index (κ3) is 2.00. The molecule has 0 aliphatic rings. The van der Waals surface area contributed by atoms with Crippen molar-refractivity contribution >= 4 is 23.3 Å². The van der Waals surface area contributed by atoms with Crippen LogP contribution in [0.2, 0.25) is 5.02 Å². The number of carboxylic acid groups (broad SMARTS) is 1. The van der Waals surface area contributed by atoms with Crippen LogP contribution >= 0.6 is 11.6 Å². The number of ether oxygens (including phenoxy) is 1. The monoisotopic (exact) mass is 266 g/mol. The molecule has 0 amide bonds. The third-order valence-corrected chi connectivity index (χ3v) is 2.86. The Balaban J connectivity index is 2.56. The predicted octanol–water partition coefficient (Wildman–Crippen LogP) is 2.62. The summed E-state index contributed by atoms with van der Waals surface area (Å²) in [4.78, 5) is 14.0. The highest BCUT2D eigenvalue weighted by molar-refractivity contribution is 6.32. The summed E-state index contributed by atoms with van der Waals surface area (Å²) in [5.74, 6) is -0.562. The first-order valence-corrected chi connectivity index (χ1v) is 5.46. The van der Waals surface area contributed by atoms with E-state index in [2.05, 4.69) is 4.98 Å². The number of hydrogen-bond acceptors (Lipinski definition) is 3. The van der Waals surface area contributed by atoms with E-state index in [1.165, 1.54) is 13.3 Å². The van der Waals surface area contributed by atoms with Crippen molar-refractivity contribution in [1.82, 2.24) is 4.98 Å². The van der Waals surface area contributed by atoms with Crippen LogP contribution in [0.4, 0.5) is 5.69 Å². The zero-order valence-electron chi connectivity index (χ0n) is 9.53. The highest BCUT2D eigenvalue weighted by Gasteiger charge is 2.18. The molecule has 4 N–H and O–H groups in total. The summed E-state index contributed by atoms with van der Waals surface area (Å²) in [6, 6.07) is 5.00. The van der Waals surface area contributed by atoms with Crippen molar-refractivity contribution in [2.24, 2.45) is 0 Å². The van der Waals surface area contributed by atoms with Gasteiger partial charge in [0.15, 0.2) is 0 Å². The minimum atomic E-state index is -1.09. The highest BCUT2D eigenvalue weighted by Crippen LogP contribution is 2.32. The Morgan fingerprint density at radius 3 is 2.78 bits per heavy atom. The zero-order chi connectivity index (χ0) is 13.3. The second kappa shape index (κ2) is 4.62. The van der Waals surface area contributed by atoms with Gasteiger partial charge in [-0.25, -0.2) is 4.79 Å². The van der Waals surface area contributed by atoms with Crippen LogP contribution < -0.4 is 10.5 Å². The number of aromatic carboxylic acids is 1. The van der Waals surface area contributed by atoms with Crippen molar-refractivity contribution in [3.63, 3.8) is 0 Å². The van der Waals surface area contributed by atoms with Crippen molar-refractivity contribution in [3.8, 4) is 17.0 Å². The van der Waals surface area contributed by atoms with Gasteiger partial charge in [0.2, 0.25) is 0 Å². The number of aromatic nitrogens is 1. The van der Waals surface area contributed by atoms with Crippen molar-refractivity contribution in [2.75, 3.05) is 12.8 Å². The van der Waals surface area contributed by atoms with Gasteiger partial charge in [-0.05, 0) is 18.2 Å². The number of rotatable bonds is 3. The van der Waals surface area contributed by atoms with Gasteiger partial charge in [-0.15, -0.1) is 0 Å². The molecule has 0 aliphatic heterocycles. The van der Waals surface area contributed by atoms with Crippen LogP contribution in [0.1, 0.15) is 10.4 Å². The number of carboxylic acids is 1. The number of halogens is 1. The van der Waals surface area contributed by atoms with Gasteiger partial charge >= 0.3 is 5.97 Å². The molecule has 18 heavy (non-hydrogen) atoms. The van der Waals surface area contributed by atoms with E-state index in [9.17, 15) is 4.79 Å². The van der Waals surface area contributed by atoms with Crippen LogP contribution in [-0.2, 0) is 0 Å². The number of carbonyl (C=O) groups is 1. The number of H-pyrrole nitrogens is 1. The number of hydrogen-bond donors (Lipinski definition) is 3. The van der Waals surface area contributed by atoms with E-state index in [4.69, 9.17) is 27.2 Å². The highest BCUT2D eigenvalue weighted by atomic mass is 35.5. The molecule has 1 aromatic heterocycles. The van der Waals surface area contributed by atoms with Crippen LogP contribution in [0, 0.1) is 0 Å². The quantitative estimate of drug-likeness (QED) is 0.797. The number of methoxy groups -OCH3 is 1. The van der Waals surface area contributed by atoms with E-state index in [1.54, 1.807) is 18.2 Å². The molecule has 0 aliphatic carbocycles. The summed E-state index contributed by atoms with van der Waals surface area (Å²) in [6.45, 7) is 0. The van der Waals surface area contributed by atoms with E-state index in [0.29, 0.717) is 22.0 Å². The number of nitrogens with one attached hydrogen (secondary N) is 1. The van der Waals surface area contributed by atoms with Gasteiger partial charge in [0.05, 0.1) is 23.5 Å². The summed E-state index contributed by atoms with van der Waals surface area (Å²) < 4.78 is 5.04. The average molecular weight is 267 g/mol. The molecule has 0 saturated heterocycles. The van der Waals surface area contributed by atoms with Gasteiger partial charge < -0.3 is 20.6 Å². The normalized spacial score (nSPS) is 10.3. The Labute approximate surface area is 108 Å². The molecule has 0 saturated carbocycles. The number of nitrogen functional groups attached to an aromatic ring is 1. The van der Waals surface area contributed by atoms with Gasteiger partial charge in [-0.1, -0.05) is 11.6 Å². The molecule has 0 spiro atoms. The fourth-order valence-electron chi connectivity index (χ4n) is 1.72. The van der Waals surface area contributed by atoms with E-state index >= 15 is 0 Å². The molecule has 2 rings (SSSR count). The first-order valence-electron chi connectivity index (χ1n) is 5.08. The standard InChI is InChI=1S/C12H11ClN2O3/c1-18-9-3-2-6(4-7(9)13)11-10(12(16)17)8(14)5-15-11/h2-5,15H,14H2,1H3,(H,16,17). The molecular weight excluding hydrogens is 256 g/mol. The van der Waals surface area contributed by atoms with Crippen LogP contribution in [0.15, 0.2) is 24.4 Å². The van der Waals surface area contributed by atoms with Gasteiger partial charge in [0.1, 0.15) is 11.3 Å². The lowest BCUT2D eigenvalue weighted by Gasteiger charge is -2.06. The molecule has 0 fully saturated rings. The zero-order valence-corrected chi connectivity index (χ0v) is 10.3. The van der Waals surface area contributed by atoms with Crippen LogP contribution in [0.5, 0.6) is 5.75 Å². The molecule has 0 unspecified atom stereocenters. The van der Waals surface area contributed by atoms with Crippen LogP contribution in [0.25, 0.3) is 11.3 Å². The van der Waals surface area contributed by atoms with E-state index in [1.807, 2.05) is 0 Å². The molecule has 0 radical (unpaired) electrons. The average Bonchev–Trinajstić information content (AvgIpc) is 2.71. The van der Waals surface area contributed by atoms with Gasteiger partial charge in [0, 0.05) is 11.8 Å². The maximum atomic E-state index is 11.1. The molecule has 5 nitrogen and oxygen atoms in total. The van der Waals surface area contributed by atoms with Crippen molar-refractivity contribution in [2.45, 2.75) is 0 Å². The maximum absolute atomic E-state index is 11.1. The smallest absolute Gasteiger partial charge is 0.340 e. The summed E-state index contributed by atoms with van der Waals surface area (Å²) in [7, 11) is 1.51. The van der Waals surface area contributed by atoms with Crippen molar-refractivity contribution in [3.05, 3.63) is 35.0 Å². The molecule has 2 aromatic rings. The molecule has 94 valence electrons. The Hall–Kier alpha value is -2.14. The number of aromatic amines is 1. The fourth-order valence-corrected chi connectivity index (χ4v) is 1.98. The summed E-state index contributed by atoms with van der Waals surface area (Å²) in [6.07, 6.45) is 1.44. The first kappa shape index (κ1) is 12.3. The Morgan fingerprint density at radius 1 is 1.50 bits per heavy atom. The predicted molar refractivity (Wildman–Crippen MR) is 69.2 cm³/mol. The Bertz CT molecular complexity index is 607. The van der Waals surface area contributed by atoms with Crippen molar-refractivity contribution in [1.29, 1.82) is 0 Å². The molecule has 0 bridgehead atoms. The first-order chi connectivity index (χ1) is 8.54. The summed E-state index contributed by atoms with van der Waals surface area (Å²) >= 11 is 6.00. The van der Waals surface area contributed by atoms with E-state index in [0.717, 1.165) is 0 Å². The SMILES string of the molecule is COc1ccc(-c2[nH]cc(N)c2C(=O)O)cc1Cl. The minimum absolute atomic E-state index is 0.0382. The van der Waals surface area contributed by atoms with Gasteiger partial charge in [-0.2, -0.15) is 0 Å². The summed E-state index contributed by atoms with van der Waals surface area (Å²) in [5, 5.41) is 9.51. The van der Waals surface area contributed by atoms with Crippen LogP contribution in [-0.4, -0.2) is 23.2 Å². The number of benzene rings is 1. The van der Waals surface area contributed by atoms with E-state index < -0.39 is 5.97 Å². The van der Waals surface area contributed by atoms with Crippen LogP contribution in [0.3, 0.4) is 0 Å². The topological polar surface area (TPSA) is 88.3 Å². The lowest BCUT2D eigenvalue weighted by molar-refractivity contribution is 0.0699. The largest absolute Gasteiger partial charge is 0.495 e. The number of nitrogens with two attached hydrogens (primary N) is 1. The molecule has 6 heteroatoms. The second-order valence-electron chi connectivity index (χ2n) is 3.65. The molecule has 1 heterocycles. The maximum Gasteiger partial charge on any atom is 0.340 e. The Morgan fingerprint density at radius 2 is 2.22 bits per heavy atom. The number of anilines is 1.